The highest BCUT2D eigenvalue weighted by Crippen LogP contribution is 2.21. The van der Waals surface area contributed by atoms with E-state index in [0.717, 1.165) is 30.6 Å². The lowest BCUT2D eigenvalue weighted by Gasteiger charge is -2.15. The van der Waals surface area contributed by atoms with Gasteiger partial charge in [0.25, 0.3) is 0 Å². The first kappa shape index (κ1) is 20.2. The van der Waals surface area contributed by atoms with Crippen LogP contribution in [0, 0.1) is 6.92 Å². The van der Waals surface area contributed by atoms with E-state index in [0.29, 0.717) is 18.0 Å². The Hall–Kier alpha value is -2.08. The van der Waals surface area contributed by atoms with Crippen molar-refractivity contribution in [3.8, 4) is 5.75 Å². The molecule has 3 N–H and O–H groups in total. The number of benzene rings is 2. The van der Waals surface area contributed by atoms with Gasteiger partial charge in [-0.2, -0.15) is 0 Å². The SMILES string of the molecule is Cc1ccc(C(N)C(=O)Nc2cccc(OCC3CCCO3)c2)cc1.Cl. The molecular formula is C20H25ClN2O3. The maximum absolute atomic E-state index is 12.4. The van der Waals surface area contributed by atoms with E-state index < -0.39 is 6.04 Å². The highest BCUT2D eigenvalue weighted by atomic mass is 35.5. The van der Waals surface area contributed by atoms with E-state index in [1.54, 1.807) is 6.07 Å². The molecule has 2 aromatic carbocycles. The maximum atomic E-state index is 12.4. The number of carbonyl (C=O) groups is 1. The van der Waals surface area contributed by atoms with Gasteiger partial charge < -0.3 is 20.5 Å². The minimum Gasteiger partial charge on any atom is -0.491 e. The van der Waals surface area contributed by atoms with Gasteiger partial charge in [-0.3, -0.25) is 4.79 Å². The average molecular weight is 377 g/mol. The zero-order chi connectivity index (χ0) is 17.6. The van der Waals surface area contributed by atoms with E-state index in [9.17, 15) is 4.79 Å². The van der Waals surface area contributed by atoms with Crippen LogP contribution < -0.4 is 15.8 Å². The van der Waals surface area contributed by atoms with Gasteiger partial charge >= 0.3 is 0 Å². The summed E-state index contributed by atoms with van der Waals surface area (Å²) in [5.74, 6) is 0.456. The molecule has 1 saturated heterocycles. The third kappa shape index (κ3) is 5.46. The topological polar surface area (TPSA) is 73.6 Å². The zero-order valence-corrected chi connectivity index (χ0v) is 15.6. The van der Waals surface area contributed by atoms with Crippen molar-refractivity contribution in [2.45, 2.75) is 31.9 Å². The van der Waals surface area contributed by atoms with Crippen LogP contribution in [0.15, 0.2) is 48.5 Å². The lowest BCUT2D eigenvalue weighted by atomic mass is 10.1. The lowest BCUT2D eigenvalue weighted by molar-refractivity contribution is -0.117. The first-order chi connectivity index (χ1) is 12.1. The Bertz CT molecular complexity index is 715. The monoisotopic (exact) mass is 376 g/mol. The number of ether oxygens (including phenoxy) is 2. The second-order valence-corrected chi connectivity index (χ2v) is 6.35. The van der Waals surface area contributed by atoms with E-state index in [4.69, 9.17) is 15.2 Å². The fourth-order valence-corrected chi connectivity index (χ4v) is 2.77. The third-order valence-electron chi connectivity index (χ3n) is 4.28. The van der Waals surface area contributed by atoms with Gasteiger partial charge in [0.1, 0.15) is 18.4 Å². The maximum Gasteiger partial charge on any atom is 0.245 e. The molecule has 2 unspecified atom stereocenters. The summed E-state index contributed by atoms with van der Waals surface area (Å²) in [4.78, 5) is 12.4. The number of hydrogen-bond acceptors (Lipinski definition) is 4. The van der Waals surface area contributed by atoms with Gasteiger partial charge in [0.2, 0.25) is 5.91 Å². The second-order valence-electron chi connectivity index (χ2n) is 6.35. The summed E-state index contributed by atoms with van der Waals surface area (Å²) < 4.78 is 11.3. The fourth-order valence-electron chi connectivity index (χ4n) is 2.77. The van der Waals surface area contributed by atoms with Crippen LogP contribution in [-0.2, 0) is 9.53 Å². The van der Waals surface area contributed by atoms with Crippen molar-refractivity contribution in [1.82, 2.24) is 0 Å². The van der Waals surface area contributed by atoms with Crippen molar-refractivity contribution >= 4 is 24.0 Å². The summed E-state index contributed by atoms with van der Waals surface area (Å²) in [7, 11) is 0. The summed E-state index contributed by atoms with van der Waals surface area (Å²) in [6.07, 6.45) is 2.27. The molecule has 1 heterocycles. The Morgan fingerprint density at radius 3 is 2.77 bits per heavy atom. The molecule has 3 rings (SSSR count). The number of nitrogens with one attached hydrogen (secondary N) is 1. The largest absolute Gasteiger partial charge is 0.491 e. The number of nitrogens with two attached hydrogens (primary N) is 1. The molecule has 0 aliphatic carbocycles. The molecule has 0 radical (unpaired) electrons. The van der Waals surface area contributed by atoms with Crippen LogP contribution in [0.3, 0.4) is 0 Å². The van der Waals surface area contributed by atoms with E-state index in [1.807, 2.05) is 49.4 Å². The molecule has 6 heteroatoms. The first-order valence-electron chi connectivity index (χ1n) is 8.59. The van der Waals surface area contributed by atoms with Crippen LogP contribution in [0.2, 0.25) is 0 Å². The van der Waals surface area contributed by atoms with Crippen molar-refractivity contribution in [1.29, 1.82) is 0 Å². The molecular weight excluding hydrogens is 352 g/mol. The molecule has 0 spiro atoms. The van der Waals surface area contributed by atoms with Crippen LogP contribution in [0.5, 0.6) is 5.75 Å². The molecule has 2 atom stereocenters. The Morgan fingerprint density at radius 1 is 1.31 bits per heavy atom. The minimum absolute atomic E-state index is 0. The number of carbonyl (C=O) groups excluding carboxylic acids is 1. The number of anilines is 1. The van der Waals surface area contributed by atoms with Gasteiger partial charge in [0.15, 0.2) is 0 Å². The van der Waals surface area contributed by atoms with Gasteiger partial charge in [-0.05, 0) is 37.5 Å². The Balaban J connectivity index is 0.00000243. The summed E-state index contributed by atoms with van der Waals surface area (Å²) >= 11 is 0. The molecule has 26 heavy (non-hydrogen) atoms. The van der Waals surface area contributed by atoms with Gasteiger partial charge in [0.05, 0.1) is 6.10 Å². The van der Waals surface area contributed by atoms with Crippen LogP contribution >= 0.6 is 12.4 Å². The third-order valence-corrected chi connectivity index (χ3v) is 4.28. The second kappa shape index (κ2) is 9.57. The summed E-state index contributed by atoms with van der Waals surface area (Å²) in [6, 6.07) is 14.3. The predicted octanol–water partition coefficient (Wildman–Crippen LogP) is 3.61. The quantitative estimate of drug-likeness (QED) is 0.807. The van der Waals surface area contributed by atoms with E-state index >= 15 is 0 Å². The highest BCUT2D eigenvalue weighted by Gasteiger charge is 2.17. The molecule has 0 saturated carbocycles. The van der Waals surface area contributed by atoms with E-state index in [-0.39, 0.29) is 24.4 Å². The van der Waals surface area contributed by atoms with Crippen LogP contribution in [0.1, 0.15) is 30.0 Å². The highest BCUT2D eigenvalue weighted by molar-refractivity contribution is 5.95. The normalized spacial score (nSPS) is 17.2. The van der Waals surface area contributed by atoms with E-state index in [1.165, 1.54) is 0 Å². The zero-order valence-electron chi connectivity index (χ0n) is 14.8. The Labute approximate surface area is 160 Å². The number of hydrogen-bond donors (Lipinski definition) is 2. The van der Waals surface area contributed by atoms with Crippen LogP contribution in [-0.4, -0.2) is 25.2 Å². The van der Waals surface area contributed by atoms with E-state index in [2.05, 4.69) is 5.32 Å². The van der Waals surface area contributed by atoms with Gasteiger partial charge in [-0.1, -0.05) is 35.9 Å². The minimum atomic E-state index is -0.711. The van der Waals surface area contributed by atoms with Gasteiger partial charge in [-0.15, -0.1) is 12.4 Å². The summed E-state index contributed by atoms with van der Waals surface area (Å²) in [5.41, 5.74) is 8.64. The molecule has 1 amide bonds. The van der Waals surface area contributed by atoms with Crippen LogP contribution in [0.25, 0.3) is 0 Å². The molecule has 1 aliphatic rings. The molecule has 0 bridgehead atoms. The molecule has 0 aromatic heterocycles. The average Bonchev–Trinajstić information content (AvgIpc) is 3.14. The summed E-state index contributed by atoms with van der Waals surface area (Å²) in [5, 5.41) is 2.85. The Morgan fingerprint density at radius 2 is 2.08 bits per heavy atom. The van der Waals surface area contributed by atoms with Crippen molar-refractivity contribution in [2.24, 2.45) is 5.73 Å². The number of aryl methyl sites for hydroxylation is 1. The van der Waals surface area contributed by atoms with Gasteiger partial charge in [-0.25, -0.2) is 0 Å². The van der Waals surface area contributed by atoms with Crippen molar-refractivity contribution in [2.75, 3.05) is 18.5 Å². The summed E-state index contributed by atoms with van der Waals surface area (Å²) in [6.45, 7) is 3.33. The first-order valence-corrected chi connectivity index (χ1v) is 8.59. The molecule has 1 aliphatic heterocycles. The number of rotatable bonds is 6. The molecule has 5 nitrogen and oxygen atoms in total. The van der Waals surface area contributed by atoms with Crippen LogP contribution in [0.4, 0.5) is 5.69 Å². The Kier molecular flexibility index (Phi) is 7.45. The fraction of sp³-hybridized carbons (Fsp3) is 0.350. The number of amides is 1. The standard InChI is InChI=1S/C20H24N2O3.ClH/c1-14-7-9-15(10-8-14)19(21)20(23)22-16-4-2-5-17(12-16)25-13-18-6-3-11-24-18;/h2,4-5,7-10,12,18-19H,3,6,11,13,21H2,1H3,(H,22,23);1H. The molecule has 1 fully saturated rings. The smallest absolute Gasteiger partial charge is 0.245 e. The number of halogens is 1. The van der Waals surface area contributed by atoms with Crippen molar-refractivity contribution in [3.63, 3.8) is 0 Å². The van der Waals surface area contributed by atoms with Crippen molar-refractivity contribution < 1.29 is 14.3 Å². The predicted molar refractivity (Wildman–Crippen MR) is 105 cm³/mol. The molecule has 140 valence electrons. The molecule has 2 aromatic rings. The lowest BCUT2D eigenvalue weighted by Crippen LogP contribution is -2.27. The van der Waals surface area contributed by atoms with Crippen molar-refractivity contribution in [3.05, 3.63) is 59.7 Å². The van der Waals surface area contributed by atoms with Gasteiger partial charge in [0, 0.05) is 18.4 Å².